The van der Waals surface area contributed by atoms with Crippen LogP contribution in [0.25, 0.3) is 11.3 Å². The van der Waals surface area contributed by atoms with E-state index in [4.69, 9.17) is 4.74 Å². The molecule has 0 unspecified atom stereocenters. The van der Waals surface area contributed by atoms with Crippen molar-refractivity contribution in [3.63, 3.8) is 0 Å². The Kier molecular flexibility index (Phi) is 4.34. The molecule has 0 aliphatic heterocycles. The Labute approximate surface area is 113 Å². The van der Waals surface area contributed by atoms with Crippen LogP contribution in [0.1, 0.15) is 19.5 Å². The third kappa shape index (κ3) is 3.44. The van der Waals surface area contributed by atoms with E-state index >= 15 is 0 Å². The molecule has 0 aliphatic rings. The number of benzene rings is 1. The Bertz CT molecular complexity index is 538. The maximum atomic E-state index is 5.44. The fourth-order valence-corrected chi connectivity index (χ4v) is 1.84. The van der Waals surface area contributed by atoms with E-state index in [-0.39, 0.29) is 0 Å². The fraction of sp³-hybridized carbons (Fsp3) is 0.333. The zero-order valence-electron chi connectivity index (χ0n) is 11.6. The Morgan fingerprint density at radius 2 is 1.84 bits per heavy atom. The number of nitrogens with one attached hydrogen (secondary N) is 1. The second kappa shape index (κ2) is 6.18. The molecule has 4 nitrogen and oxygen atoms in total. The summed E-state index contributed by atoms with van der Waals surface area (Å²) < 4.78 is 5.44. The molecule has 100 valence electrons. The Balaban J connectivity index is 2.29. The van der Waals surface area contributed by atoms with Crippen molar-refractivity contribution in [2.45, 2.75) is 20.8 Å². The van der Waals surface area contributed by atoms with Crippen LogP contribution in [0.5, 0.6) is 5.75 Å². The van der Waals surface area contributed by atoms with Gasteiger partial charge in [-0.2, -0.15) is 0 Å². The van der Waals surface area contributed by atoms with E-state index in [0.717, 1.165) is 29.2 Å². The van der Waals surface area contributed by atoms with Gasteiger partial charge in [0.15, 0.2) is 0 Å². The van der Waals surface area contributed by atoms with Gasteiger partial charge in [0, 0.05) is 17.8 Å². The van der Waals surface area contributed by atoms with Crippen LogP contribution < -0.4 is 10.1 Å². The highest BCUT2D eigenvalue weighted by atomic mass is 16.5. The van der Waals surface area contributed by atoms with Gasteiger partial charge in [-0.05, 0) is 51.1 Å². The number of ether oxygens (including phenoxy) is 1. The largest absolute Gasteiger partial charge is 0.494 e. The van der Waals surface area contributed by atoms with E-state index < -0.39 is 0 Å². The number of hydrogen-bond donors (Lipinski definition) is 1. The van der Waals surface area contributed by atoms with Crippen LogP contribution in [0.2, 0.25) is 0 Å². The molecule has 0 amide bonds. The van der Waals surface area contributed by atoms with E-state index in [1.807, 2.05) is 51.1 Å². The minimum atomic E-state index is 0.673. The van der Waals surface area contributed by atoms with Crippen molar-refractivity contribution in [1.29, 1.82) is 0 Å². The monoisotopic (exact) mass is 257 g/mol. The number of anilines is 1. The van der Waals surface area contributed by atoms with Crippen molar-refractivity contribution in [3.05, 3.63) is 36.0 Å². The number of rotatable bonds is 5. The summed E-state index contributed by atoms with van der Waals surface area (Å²) in [6.07, 6.45) is 0. The zero-order chi connectivity index (χ0) is 13.7. The van der Waals surface area contributed by atoms with Gasteiger partial charge in [0.05, 0.1) is 12.3 Å². The van der Waals surface area contributed by atoms with E-state index in [1.54, 1.807) is 0 Å². The minimum Gasteiger partial charge on any atom is -0.494 e. The Hall–Kier alpha value is -2.10. The van der Waals surface area contributed by atoms with Crippen LogP contribution in [0, 0.1) is 6.92 Å². The van der Waals surface area contributed by atoms with Crippen LogP contribution in [0.15, 0.2) is 30.3 Å². The van der Waals surface area contributed by atoms with Crippen molar-refractivity contribution in [2.24, 2.45) is 0 Å². The lowest BCUT2D eigenvalue weighted by atomic mass is 10.1. The number of aromatic nitrogens is 2. The molecule has 0 aliphatic carbocycles. The van der Waals surface area contributed by atoms with Crippen molar-refractivity contribution < 1.29 is 4.74 Å². The molecule has 0 bridgehead atoms. The summed E-state index contributed by atoms with van der Waals surface area (Å²) in [6, 6.07) is 9.94. The lowest BCUT2D eigenvalue weighted by Gasteiger charge is -2.08. The first kappa shape index (κ1) is 13.3. The molecule has 0 saturated heterocycles. The van der Waals surface area contributed by atoms with Crippen LogP contribution in [-0.2, 0) is 0 Å². The molecule has 4 heteroatoms. The first-order chi connectivity index (χ1) is 9.22. The third-order valence-electron chi connectivity index (χ3n) is 2.65. The highest BCUT2D eigenvalue weighted by Gasteiger charge is 2.04. The smallest absolute Gasteiger partial charge is 0.223 e. The molecule has 0 radical (unpaired) electrons. The molecule has 1 aromatic heterocycles. The summed E-state index contributed by atoms with van der Waals surface area (Å²) in [4.78, 5) is 8.86. The van der Waals surface area contributed by atoms with E-state index in [0.29, 0.717) is 12.6 Å². The summed E-state index contributed by atoms with van der Waals surface area (Å²) in [5, 5.41) is 3.14. The molecule has 19 heavy (non-hydrogen) atoms. The van der Waals surface area contributed by atoms with Crippen molar-refractivity contribution >= 4 is 5.95 Å². The van der Waals surface area contributed by atoms with Crippen LogP contribution in [0.4, 0.5) is 5.95 Å². The molecule has 0 fully saturated rings. The Morgan fingerprint density at radius 1 is 1.11 bits per heavy atom. The molecule has 0 saturated carbocycles. The number of hydrogen-bond acceptors (Lipinski definition) is 4. The van der Waals surface area contributed by atoms with E-state index in [9.17, 15) is 0 Å². The van der Waals surface area contributed by atoms with Crippen molar-refractivity contribution in [1.82, 2.24) is 9.97 Å². The van der Waals surface area contributed by atoms with Gasteiger partial charge in [-0.3, -0.25) is 0 Å². The molecule has 1 N–H and O–H groups in total. The second-order valence-corrected chi connectivity index (χ2v) is 4.21. The SMILES string of the molecule is CCNc1nc(C)cc(-c2ccc(OCC)cc2)n1. The summed E-state index contributed by atoms with van der Waals surface area (Å²) in [5.41, 5.74) is 2.94. The van der Waals surface area contributed by atoms with Gasteiger partial charge in [-0.15, -0.1) is 0 Å². The zero-order valence-corrected chi connectivity index (χ0v) is 11.6. The lowest BCUT2D eigenvalue weighted by Crippen LogP contribution is -2.03. The highest BCUT2D eigenvalue weighted by molar-refractivity contribution is 5.61. The van der Waals surface area contributed by atoms with Crippen molar-refractivity contribution in [2.75, 3.05) is 18.5 Å². The predicted octanol–water partition coefficient (Wildman–Crippen LogP) is 3.28. The molecule has 2 aromatic rings. The molecule has 0 spiro atoms. The number of aryl methyl sites for hydroxylation is 1. The van der Waals surface area contributed by atoms with Crippen LogP contribution in [-0.4, -0.2) is 23.1 Å². The first-order valence-electron chi connectivity index (χ1n) is 6.55. The van der Waals surface area contributed by atoms with Gasteiger partial charge in [0.2, 0.25) is 5.95 Å². The maximum Gasteiger partial charge on any atom is 0.223 e. The average molecular weight is 257 g/mol. The quantitative estimate of drug-likeness (QED) is 0.893. The van der Waals surface area contributed by atoms with Gasteiger partial charge in [-0.1, -0.05) is 0 Å². The Morgan fingerprint density at radius 3 is 2.47 bits per heavy atom. The molecule has 2 rings (SSSR count). The average Bonchev–Trinajstić information content (AvgIpc) is 2.40. The summed E-state index contributed by atoms with van der Waals surface area (Å²) in [6.45, 7) is 7.47. The topological polar surface area (TPSA) is 47.0 Å². The van der Waals surface area contributed by atoms with Gasteiger partial charge < -0.3 is 10.1 Å². The lowest BCUT2D eigenvalue weighted by molar-refractivity contribution is 0.340. The van der Waals surface area contributed by atoms with Crippen molar-refractivity contribution in [3.8, 4) is 17.0 Å². The van der Waals surface area contributed by atoms with E-state index in [2.05, 4.69) is 15.3 Å². The molecular weight excluding hydrogens is 238 g/mol. The van der Waals surface area contributed by atoms with Crippen LogP contribution in [0.3, 0.4) is 0 Å². The predicted molar refractivity (Wildman–Crippen MR) is 77.5 cm³/mol. The normalized spacial score (nSPS) is 10.3. The summed E-state index contributed by atoms with van der Waals surface area (Å²) >= 11 is 0. The summed E-state index contributed by atoms with van der Waals surface area (Å²) in [7, 11) is 0. The maximum absolute atomic E-state index is 5.44. The standard InChI is InChI=1S/C15H19N3O/c1-4-16-15-17-11(3)10-14(18-15)12-6-8-13(9-7-12)19-5-2/h6-10H,4-5H2,1-3H3,(H,16,17,18). The highest BCUT2D eigenvalue weighted by Crippen LogP contribution is 2.22. The minimum absolute atomic E-state index is 0.673. The second-order valence-electron chi connectivity index (χ2n) is 4.21. The third-order valence-corrected chi connectivity index (χ3v) is 2.65. The van der Waals surface area contributed by atoms with Gasteiger partial charge >= 0.3 is 0 Å². The molecular formula is C15H19N3O. The van der Waals surface area contributed by atoms with Gasteiger partial charge in [-0.25, -0.2) is 9.97 Å². The summed E-state index contributed by atoms with van der Waals surface area (Å²) in [5.74, 6) is 1.55. The number of nitrogens with zero attached hydrogens (tertiary/aromatic N) is 2. The van der Waals surface area contributed by atoms with Gasteiger partial charge in [0.25, 0.3) is 0 Å². The first-order valence-corrected chi connectivity index (χ1v) is 6.55. The fourth-order valence-electron chi connectivity index (χ4n) is 1.84. The van der Waals surface area contributed by atoms with E-state index in [1.165, 1.54) is 0 Å². The van der Waals surface area contributed by atoms with Crippen LogP contribution >= 0.6 is 0 Å². The molecule has 1 aromatic carbocycles. The molecule has 1 heterocycles. The molecule has 0 atom stereocenters. The van der Waals surface area contributed by atoms with Gasteiger partial charge in [0.1, 0.15) is 5.75 Å².